The van der Waals surface area contributed by atoms with E-state index in [-0.39, 0.29) is 18.0 Å². The Labute approximate surface area is 147 Å². The van der Waals surface area contributed by atoms with Gasteiger partial charge in [-0.1, -0.05) is 42.5 Å². The number of urea groups is 1. The van der Waals surface area contributed by atoms with E-state index in [4.69, 9.17) is 4.74 Å². The van der Waals surface area contributed by atoms with E-state index in [0.717, 1.165) is 18.4 Å². The van der Waals surface area contributed by atoms with E-state index in [2.05, 4.69) is 17.4 Å². The van der Waals surface area contributed by atoms with E-state index in [0.29, 0.717) is 26.2 Å². The van der Waals surface area contributed by atoms with Crippen LogP contribution in [0, 0.1) is 5.82 Å². The zero-order valence-corrected chi connectivity index (χ0v) is 14.2. The van der Waals surface area contributed by atoms with Crippen LogP contribution < -0.4 is 5.32 Å². The first-order valence-electron chi connectivity index (χ1n) is 8.66. The van der Waals surface area contributed by atoms with Gasteiger partial charge in [0.05, 0.1) is 13.2 Å². The molecule has 0 aliphatic carbocycles. The van der Waals surface area contributed by atoms with Crippen LogP contribution in [0.15, 0.2) is 54.6 Å². The normalized spacial score (nSPS) is 17.3. The fraction of sp³-hybridized carbons (Fsp3) is 0.350. The van der Waals surface area contributed by atoms with Gasteiger partial charge < -0.3 is 15.0 Å². The fourth-order valence-electron chi connectivity index (χ4n) is 2.96. The van der Waals surface area contributed by atoms with Crippen molar-refractivity contribution in [3.8, 4) is 0 Å². The molecule has 1 heterocycles. The van der Waals surface area contributed by atoms with Crippen LogP contribution in [0.5, 0.6) is 0 Å². The van der Waals surface area contributed by atoms with Crippen molar-refractivity contribution in [2.45, 2.75) is 18.9 Å². The van der Waals surface area contributed by atoms with Crippen LogP contribution in [-0.4, -0.2) is 37.2 Å². The maximum Gasteiger partial charge on any atom is 0.317 e. The number of amides is 2. The summed E-state index contributed by atoms with van der Waals surface area (Å²) in [5.74, 6) is -0.271. The lowest BCUT2D eigenvalue weighted by Gasteiger charge is -2.33. The van der Waals surface area contributed by atoms with E-state index in [1.54, 1.807) is 17.0 Å². The Morgan fingerprint density at radius 3 is 2.68 bits per heavy atom. The Hall–Kier alpha value is -2.40. The lowest BCUT2D eigenvalue weighted by Crippen LogP contribution is -2.47. The van der Waals surface area contributed by atoms with Crippen molar-refractivity contribution >= 4 is 6.03 Å². The molecule has 132 valence electrons. The predicted octanol–water partition coefficient (Wildman–Crippen LogP) is 3.54. The molecule has 2 aromatic carbocycles. The number of hydrogen-bond acceptors (Lipinski definition) is 2. The molecule has 0 bridgehead atoms. The summed E-state index contributed by atoms with van der Waals surface area (Å²) in [5, 5.41) is 2.98. The standard InChI is InChI=1S/C20H23FN2O2/c21-18-10-8-17(9-11-18)19-15-23(13-14-25-19)20(24)22-12-4-7-16-5-2-1-3-6-16/h1-3,5-6,8-11,19H,4,7,12-15H2,(H,22,24). The number of aryl methyl sites for hydroxylation is 1. The number of carbonyl (C=O) groups excluding carboxylic acids is 1. The molecule has 5 heteroatoms. The average Bonchev–Trinajstić information content (AvgIpc) is 2.66. The van der Waals surface area contributed by atoms with E-state index < -0.39 is 0 Å². The van der Waals surface area contributed by atoms with Gasteiger partial charge in [-0.05, 0) is 36.1 Å². The molecule has 3 rings (SSSR count). The molecule has 0 radical (unpaired) electrons. The topological polar surface area (TPSA) is 41.6 Å². The third kappa shape index (κ3) is 5.03. The SMILES string of the molecule is O=C(NCCCc1ccccc1)N1CCOC(c2ccc(F)cc2)C1. The first-order valence-corrected chi connectivity index (χ1v) is 8.66. The van der Waals surface area contributed by atoms with Crippen molar-refractivity contribution in [3.63, 3.8) is 0 Å². The van der Waals surface area contributed by atoms with Crippen molar-refractivity contribution in [2.75, 3.05) is 26.2 Å². The molecule has 4 nitrogen and oxygen atoms in total. The highest BCUT2D eigenvalue weighted by Gasteiger charge is 2.25. The van der Waals surface area contributed by atoms with Gasteiger partial charge in [0.25, 0.3) is 0 Å². The van der Waals surface area contributed by atoms with Crippen LogP contribution in [0.2, 0.25) is 0 Å². The fourth-order valence-corrected chi connectivity index (χ4v) is 2.96. The highest BCUT2D eigenvalue weighted by molar-refractivity contribution is 5.74. The van der Waals surface area contributed by atoms with Crippen LogP contribution in [0.3, 0.4) is 0 Å². The van der Waals surface area contributed by atoms with Gasteiger partial charge in [-0.2, -0.15) is 0 Å². The molecular weight excluding hydrogens is 319 g/mol. The quantitative estimate of drug-likeness (QED) is 0.845. The zero-order valence-electron chi connectivity index (χ0n) is 14.2. The van der Waals surface area contributed by atoms with Gasteiger partial charge in [0, 0.05) is 13.1 Å². The van der Waals surface area contributed by atoms with E-state index in [9.17, 15) is 9.18 Å². The molecule has 2 aromatic rings. The molecule has 1 N–H and O–H groups in total. The maximum atomic E-state index is 13.0. The molecular formula is C20H23FN2O2. The third-order valence-electron chi connectivity index (χ3n) is 4.36. The van der Waals surface area contributed by atoms with Gasteiger partial charge in [0.2, 0.25) is 0 Å². The van der Waals surface area contributed by atoms with Crippen LogP contribution in [-0.2, 0) is 11.2 Å². The summed E-state index contributed by atoms with van der Waals surface area (Å²) >= 11 is 0. The Morgan fingerprint density at radius 1 is 1.16 bits per heavy atom. The summed E-state index contributed by atoms with van der Waals surface area (Å²) in [6.07, 6.45) is 1.65. The van der Waals surface area contributed by atoms with Crippen molar-refractivity contribution in [1.82, 2.24) is 10.2 Å². The molecule has 2 amide bonds. The van der Waals surface area contributed by atoms with Gasteiger partial charge in [0.1, 0.15) is 11.9 Å². The highest BCUT2D eigenvalue weighted by atomic mass is 19.1. The van der Waals surface area contributed by atoms with Crippen LogP contribution >= 0.6 is 0 Å². The first kappa shape index (κ1) is 17.4. The lowest BCUT2D eigenvalue weighted by molar-refractivity contribution is -0.0154. The summed E-state index contributed by atoms with van der Waals surface area (Å²) in [6.45, 7) is 2.18. The lowest BCUT2D eigenvalue weighted by atomic mass is 10.1. The summed E-state index contributed by atoms with van der Waals surface area (Å²) in [7, 11) is 0. The second kappa shape index (κ2) is 8.62. The summed E-state index contributed by atoms with van der Waals surface area (Å²) < 4.78 is 18.8. The van der Waals surface area contributed by atoms with E-state index >= 15 is 0 Å². The third-order valence-corrected chi connectivity index (χ3v) is 4.36. The Kier molecular flexibility index (Phi) is 6.01. The van der Waals surface area contributed by atoms with E-state index in [1.807, 2.05) is 18.2 Å². The summed E-state index contributed by atoms with van der Waals surface area (Å²) in [5.41, 5.74) is 2.17. The highest BCUT2D eigenvalue weighted by Crippen LogP contribution is 2.22. The minimum absolute atomic E-state index is 0.0662. The Balaban J connectivity index is 1.44. The monoisotopic (exact) mass is 342 g/mol. The molecule has 0 spiro atoms. The number of morpholine rings is 1. The molecule has 1 atom stereocenters. The second-order valence-corrected chi connectivity index (χ2v) is 6.18. The molecule has 1 aliphatic heterocycles. The Bertz CT molecular complexity index is 676. The molecule has 1 saturated heterocycles. The molecule has 1 fully saturated rings. The van der Waals surface area contributed by atoms with Gasteiger partial charge in [0.15, 0.2) is 0 Å². The van der Waals surface area contributed by atoms with Gasteiger partial charge in [-0.25, -0.2) is 9.18 Å². The van der Waals surface area contributed by atoms with Gasteiger partial charge in [-0.3, -0.25) is 0 Å². The summed E-state index contributed by atoms with van der Waals surface area (Å²) in [6, 6.07) is 16.4. The van der Waals surface area contributed by atoms with Crippen LogP contribution in [0.4, 0.5) is 9.18 Å². The predicted molar refractivity (Wildman–Crippen MR) is 94.8 cm³/mol. The maximum absolute atomic E-state index is 13.0. The molecule has 1 aliphatic rings. The van der Waals surface area contributed by atoms with Gasteiger partial charge in [-0.15, -0.1) is 0 Å². The molecule has 0 saturated carbocycles. The van der Waals surface area contributed by atoms with Crippen molar-refractivity contribution < 1.29 is 13.9 Å². The largest absolute Gasteiger partial charge is 0.370 e. The number of halogens is 1. The number of benzene rings is 2. The average molecular weight is 342 g/mol. The van der Waals surface area contributed by atoms with Crippen molar-refractivity contribution in [2.24, 2.45) is 0 Å². The van der Waals surface area contributed by atoms with Crippen molar-refractivity contribution in [1.29, 1.82) is 0 Å². The number of nitrogens with one attached hydrogen (secondary N) is 1. The van der Waals surface area contributed by atoms with Gasteiger partial charge >= 0.3 is 6.03 Å². The molecule has 0 aromatic heterocycles. The summed E-state index contributed by atoms with van der Waals surface area (Å²) in [4.78, 5) is 14.1. The number of ether oxygens (including phenoxy) is 1. The number of rotatable bonds is 5. The Morgan fingerprint density at radius 2 is 1.92 bits per heavy atom. The van der Waals surface area contributed by atoms with Crippen molar-refractivity contribution in [3.05, 3.63) is 71.5 Å². The minimum Gasteiger partial charge on any atom is -0.370 e. The second-order valence-electron chi connectivity index (χ2n) is 6.18. The number of carbonyl (C=O) groups is 1. The minimum atomic E-state index is -0.271. The number of hydrogen-bond donors (Lipinski definition) is 1. The smallest absolute Gasteiger partial charge is 0.317 e. The molecule has 1 unspecified atom stereocenters. The zero-order chi connectivity index (χ0) is 17.5. The van der Waals surface area contributed by atoms with Crippen LogP contribution in [0.25, 0.3) is 0 Å². The first-order chi connectivity index (χ1) is 12.2. The van der Waals surface area contributed by atoms with E-state index in [1.165, 1.54) is 17.7 Å². The number of nitrogens with zero attached hydrogens (tertiary/aromatic N) is 1. The molecule has 25 heavy (non-hydrogen) atoms. The van der Waals surface area contributed by atoms with Crippen LogP contribution in [0.1, 0.15) is 23.7 Å².